The lowest BCUT2D eigenvalue weighted by Crippen LogP contribution is -2.13. The third-order valence-corrected chi connectivity index (χ3v) is 2.96. The third kappa shape index (κ3) is 2.40. The molecular formula is C12H6F6N4. The lowest BCUT2D eigenvalue weighted by atomic mass is 10.2. The second-order valence-electron chi connectivity index (χ2n) is 4.46. The topological polar surface area (TPSA) is 46.5 Å². The quantitative estimate of drug-likeness (QED) is 0.694. The zero-order chi connectivity index (χ0) is 16.1. The van der Waals surface area contributed by atoms with Gasteiger partial charge in [0.2, 0.25) is 0 Å². The van der Waals surface area contributed by atoms with Gasteiger partial charge in [0.1, 0.15) is 5.69 Å². The highest BCUT2D eigenvalue weighted by molar-refractivity contribution is 5.80. The van der Waals surface area contributed by atoms with Gasteiger partial charge in [0.05, 0.1) is 17.4 Å². The van der Waals surface area contributed by atoms with Gasteiger partial charge in [-0.1, -0.05) is 0 Å². The molecule has 1 N–H and O–H groups in total. The van der Waals surface area contributed by atoms with E-state index in [0.29, 0.717) is 10.9 Å². The highest BCUT2D eigenvalue weighted by atomic mass is 19.4. The number of aromatic amines is 1. The van der Waals surface area contributed by atoms with Gasteiger partial charge in [-0.25, -0.2) is 4.68 Å². The number of H-pyrrole nitrogens is 1. The maximum atomic E-state index is 12.9. The number of rotatable bonds is 1. The molecule has 0 saturated heterocycles. The predicted octanol–water partition coefficient (Wildman–Crippen LogP) is 3.79. The van der Waals surface area contributed by atoms with E-state index in [-0.39, 0.29) is 16.4 Å². The van der Waals surface area contributed by atoms with E-state index in [4.69, 9.17) is 0 Å². The molecule has 0 atom stereocenters. The molecular weight excluding hydrogens is 314 g/mol. The first-order valence-corrected chi connectivity index (χ1v) is 5.84. The minimum atomic E-state index is -4.97. The summed E-state index contributed by atoms with van der Waals surface area (Å²) in [6, 6.07) is 3.89. The van der Waals surface area contributed by atoms with E-state index < -0.39 is 23.7 Å². The predicted molar refractivity (Wildman–Crippen MR) is 63.2 cm³/mol. The highest BCUT2D eigenvalue weighted by Gasteiger charge is 2.42. The van der Waals surface area contributed by atoms with Gasteiger partial charge in [-0.15, -0.1) is 0 Å². The SMILES string of the molecule is FC(F)(F)c1cc(C(F)(F)F)n(-c2ccc3[nH]ncc3c2)n1. The maximum absolute atomic E-state index is 12.9. The summed E-state index contributed by atoms with van der Waals surface area (Å²) in [5.74, 6) is 0. The number of aromatic nitrogens is 4. The first-order valence-electron chi connectivity index (χ1n) is 5.84. The molecule has 0 saturated carbocycles. The summed E-state index contributed by atoms with van der Waals surface area (Å²) in [5.41, 5.74) is -2.70. The number of nitrogens with one attached hydrogen (secondary N) is 1. The Labute approximate surface area is 118 Å². The average Bonchev–Trinajstić information content (AvgIpc) is 3.03. The van der Waals surface area contributed by atoms with Crippen LogP contribution in [0.1, 0.15) is 11.4 Å². The number of hydrogen-bond acceptors (Lipinski definition) is 2. The van der Waals surface area contributed by atoms with Crippen molar-refractivity contribution in [1.29, 1.82) is 0 Å². The van der Waals surface area contributed by atoms with Gasteiger partial charge in [0.25, 0.3) is 0 Å². The van der Waals surface area contributed by atoms with E-state index in [2.05, 4.69) is 15.3 Å². The summed E-state index contributed by atoms with van der Waals surface area (Å²) in [6.45, 7) is 0. The lowest BCUT2D eigenvalue weighted by molar-refractivity contribution is -0.143. The van der Waals surface area contributed by atoms with E-state index in [1.165, 1.54) is 24.4 Å². The van der Waals surface area contributed by atoms with Crippen LogP contribution in [0.25, 0.3) is 16.6 Å². The smallest absolute Gasteiger partial charge is 0.278 e. The summed E-state index contributed by atoms with van der Waals surface area (Å²) in [7, 11) is 0. The zero-order valence-corrected chi connectivity index (χ0v) is 10.5. The Hall–Kier alpha value is -2.52. The molecule has 10 heteroatoms. The molecule has 2 heterocycles. The van der Waals surface area contributed by atoms with Crippen LogP contribution >= 0.6 is 0 Å². The normalized spacial score (nSPS) is 13.0. The van der Waals surface area contributed by atoms with Gasteiger partial charge in [0.15, 0.2) is 5.69 Å². The minimum absolute atomic E-state index is 0.0143. The van der Waals surface area contributed by atoms with Crippen molar-refractivity contribution in [3.63, 3.8) is 0 Å². The van der Waals surface area contributed by atoms with Crippen molar-refractivity contribution in [3.05, 3.63) is 41.9 Å². The molecule has 0 amide bonds. The minimum Gasteiger partial charge on any atom is -0.278 e. The van der Waals surface area contributed by atoms with Gasteiger partial charge in [-0.3, -0.25) is 5.10 Å². The van der Waals surface area contributed by atoms with Crippen LogP contribution in [-0.4, -0.2) is 20.0 Å². The fourth-order valence-corrected chi connectivity index (χ4v) is 1.98. The molecule has 0 spiro atoms. The van der Waals surface area contributed by atoms with Crippen LogP contribution in [0, 0.1) is 0 Å². The standard InChI is InChI=1S/C12H6F6N4/c13-11(14,15)9-4-10(12(16,17)18)22(21-9)7-1-2-8-6(3-7)5-19-20-8/h1-5H,(H,19,20). The van der Waals surface area contributed by atoms with Gasteiger partial charge in [-0.2, -0.15) is 36.5 Å². The second kappa shape index (κ2) is 4.49. The monoisotopic (exact) mass is 320 g/mol. The molecule has 0 bridgehead atoms. The number of nitrogens with zero attached hydrogens (tertiary/aromatic N) is 3. The maximum Gasteiger partial charge on any atom is 0.435 e. The van der Waals surface area contributed by atoms with Gasteiger partial charge < -0.3 is 0 Å². The van der Waals surface area contributed by atoms with Gasteiger partial charge in [-0.05, 0) is 18.2 Å². The molecule has 4 nitrogen and oxygen atoms in total. The molecule has 22 heavy (non-hydrogen) atoms. The van der Waals surface area contributed by atoms with Crippen molar-refractivity contribution >= 4 is 10.9 Å². The molecule has 0 radical (unpaired) electrons. The van der Waals surface area contributed by atoms with Crippen LogP contribution in [0.15, 0.2) is 30.5 Å². The Kier molecular flexibility index (Phi) is 2.94. The first kappa shape index (κ1) is 14.4. The van der Waals surface area contributed by atoms with E-state index in [0.717, 1.165) is 0 Å². The van der Waals surface area contributed by atoms with Crippen LogP contribution < -0.4 is 0 Å². The summed E-state index contributed by atoms with van der Waals surface area (Å²) in [6.07, 6.45) is -8.59. The highest BCUT2D eigenvalue weighted by Crippen LogP contribution is 2.36. The molecule has 0 aliphatic carbocycles. The molecule has 2 aromatic heterocycles. The van der Waals surface area contributed by atoms with Gasteiger partial charge in [0, 0.05) is 11.5 Å². The fraction of sp³-hybridized carbons (Fsp3) is 0.167. The Bertz CT molecular complexity index is 826. The number of halogens is 6. The van der Waals surface area contributed by atoms with Crippen molar-refractivity contribution in [1.82, 2.24) is 20.0 Å². The fourth-order valence-electron chi connectivity index (χ4n) is 1.98. The Morgan fingerprint density at radius 1 is 0.955 bits per heavy atom. The summed E-state index contributed by atoms with van der Waals surface area (Å²) >= 11 is 0. The molecule has 0 aliphatic rings. The number of alkyl halides is 6. The van der Waals surface area contributed by atoms with Crippen molar-refractivity contribution in [2.75, 3.05) is 0 Å². The van der Waals surface area contributed by atoms with Crippen molar-refractivity contribution in [3.8, 4) is 5.69 Å². The van der Waals surface area contributed by atoms with E-state index in [1.807, 2.05) is 0 Å². The molecule has 1 aromatic carbocycles. The Balaban J connectivity index is 2.21. The van der Waals surface area contributed by atoms with E-state index in [9.17, 15) is 26.3 Å². The van der Waals surface area contributed by atoms with E-state index >= 15 is 0 Å². The average molecular weight is 320 g/mol. The van der Waals surface area contributed by atoms with Crippen LogP contribution in [-0.2, 0) is 12.4 Å². The molecule has 3 aromatic rings. The third-order valence-electron chi connectivity index (χ3n) is 2.96. The Morgan fingerprint density at radius 3 is 2.32 bits per heavy atom. The summed E-state index contributed by atoms with van der Waals surface area (Å²) in [4.78, 5) is 0. The van der Waals surface area contributed by atoms with Crippen molar-refractivity contribution in [2.24, 2.45) is 0 Å². The van der Waals surface area contributed by atoms with Crippen LogP contribution in [0.3, 0.4) is 0 Å². The number of fused-ring (bicyclic) bond motifs is 1. The molecule has 0 aliphatic heterocycles. The number of hydrogen-bond donors (Lipinski definition) is 1. The summed E-state index contributed by atoms with van der Waals surface area (Å²) in [5, 5.41) is 9.79. The number of benzene rings is 1. The Morgan fingerprint density at radius 2 is 1.68 bits per heavy atom. The summed E-state index contributed by atoms with van der Waals surface area (Å²) < 4.78 is 77.0. The molecule has 3 rings (SSSR count). The lowest BCUT2D eigenvalue weighted by Gasteiger charge is -2.10. The molecule has 0 fully saturated rings. The van der Waals surface area contributed by atoms with Crippen LogP contribution in [0.4, 0.5) is 26.3 Å². The van der Waals surface area contributed by atoms with Crippen LogP contribution in [0.5, 0.6) is 0 Å². The first-order chi connectivity index (χ1) is 10.2. The molecule has 116 valence electrons. The van der Waals surface area contributed by atoms with Gasteiger partial charge >= 0.3 is 12.4 Å². The van der Waals surface area contributed by atoms with Crippen molar-refractivity contribution < 1.29 is 26.3 Å². The van der Waals surface area contributed by atoms with Crippen molar-refractivity contribution in [2.45, 2.75) is 12.4 Å². The zero-order valence-electron chi connectivity index (χ0n) is 10.5. The largest absolute Gasteiger partial charge is 0.435 e. The second-order valence-corrected chi connectivity index (χ2v) is 4.46. The van der Waals surface area contributed by atoms with Crippen LogP contribution in [0.2, 0.25) is 0 Å². The molecule has 0 unspecified atom stereocenters. The van der Waals surface area contributed by atoms with E-state index in [1.54, 1.807) is 0 Å².